The summed E-state index contributed by atoms with van der Waals surface area (Å²) in [5.41, 5.74) is 1.13. The Balaban J connectivity index is 2.33. The van der Waals surface area contributed by atoms with E-state index in [0.717, 1.165) is 0 Å². The second-order valence-corrected chi connectivity index (χ2v) is 11.1. The van der Waals surface area contributed by atoms with E-state index < -0.39 is 23.6 Å². The molecule has 0 heterocycles. The topological polar surface area (TPSA) is 152 Å². The normalized spacial score (nSPS) is 12.0. The number of carbonyl (C=O) groups is 4. The van der Waals surface area contributed by atoms with Crippen LogP contribution < -0.4 is 16.1 Å². The first-order valence-corrected chi connectivity index (χ1v) is 11.6. The largest absolute Gasteiger partial charge is 0.478 e. The first-order chi connectivity index (χ1) is 16.5. The molecule has 202 valence electrons. The SMILES string of the molecule is CC(C)(CNC(=O)CONC(=O)OC(C)(C)C)COCC(C)(C)CNC(=O)c1ccc(C(=O)O)cc1. The van der Waals surface area contributed by atoms with Crippen molar-refractivity contribution in [1.29, 1.82) is 0 Å². The molecule has 0 saturated heterocycles. The van der Waals surface area contributed by atoms with Gasteiger partial charge in [0, 0.05) is 29.5 Å². The molecule has 1 rings (SSSR count). The molecule has 0 radical (unpaired) electrons. The average Bonchev–Trinajstić information content (AvgIpc) is 2.74. The minimum Gasteiger partial charge on any atom is -0.478 e. The van der Waals surface area contributed by atoms with E-state index in [4.69, 9.17) is 19.4 Å². The summed E-state index contributed by atoms with van der Waals surface area (Å²) in [6.07, 6.45) is -0.779. The van der Waals surface area contributed by atoms with Crippen molar-refractivity contribution in [2.75, 3.05) is 32.9 Å². The van der Waals surface area contributed by atoms with Crippen molar-refractivity contribution >= 4 is 23.9 Å². The van der Waals surface area contributed by atoms with Crippen LogP contribution >= 0.6 is 0 Å². The molecule has 36 heavy (non-hydrogen) atoms. The number of nitrogens with one attached hydrogen (secondary N) is 3. The first kappa shape index (κ1) is 30.9. The Kier molecular flexibility index (Phi) is 11.3. The molecule has 0 aliphatic rings. The van der Waals surface area contributed by atoms with Crippen LogP contribution in [0, 0.1) is 10.8 Å². The monoisotopic (exact) mass is 509 g/mol. The van der Waals surface area contributed by atoms with Gasteiger partial charge in [-0.3, -0.25) is 14.4 Å². The molecule has 0 fully saturated rings. The Labute approximate surface area is 212 Å². The number of carboxylic acids is 1. The molecule has 0 bridgehead atoms. The molecule has 3 amide bonds. The Morgan fingerprint density at radius 1 is 0.806 bits per heavy atom. The molecule has 11 nitrogen and oxygen atoms in total. The van der Waals surface area contributed by atoms with Crippen LogP contribution in [0.4, 0.5) is 4.79 Å². The van der Waals surface area contributed by atoms with E-state index in [1.807, 2.05) is 27.7 Å². The number of ether oxygens (including phenoxy) is 2. The standard InChI is InChI=1S/C25H39N3O8/c1-23(2,3)36-22(33)28-35-12-19(29)26-13-24(4,5)15-34-16-25(6,7)14-27-20(30)17-8-10-18(11-9-17)21(31)32/h8-11H,12-16H2,1-7H3,(H,26,29)(H,27,30)(H,28,33)(H,31,32). The lowest BCUT2D eigenvalue weighted by Crippen LogP contribution is -2.41. The first-order valence-electron chi connectivity index (χ1n) is 11.6. The highest BCUT2D eigenvalue weighted by atomic mass is 16.7. The number of hydrogen-bond donors (Lipinski definition) is 4. The summed E-state index contributed by atoms with van der Waals surface area (Å²) in [7, 11) is 0. The summed E-state index contributed by atoms with van der Waals surface area (Å²) in [5, 5.41) is 14.5. The highest BCUT2D eigenvalue weighted by molar-refractivity contribution is 5.95. The van der Waals surface area contributed by atoms with Crippen LogP contribution in [0.2, 0.25) is 0 Å². The molecule has 0 aromatic heterocycles. The number of carbonyl (C=O) groups excluding carboxylic acids is 3. The van der Waals surface area contributed by atoms with Gasteiger partial charge in [-0.2, -0.15) is 5.48 Å². The van der Waals surface area contributed by atoms with Crippen LogP contribution in [-0.4, -0.2) is 67.5 Å². The number of hydroxylamine groups is 1. The fraction of sp³-hybridized carbons (Fsp3) is 0.600. The third-order valence-electron chi connectivity index (χ3n) is 4.63. The number of amides is 3. The van der Waals surface area contributed by atoms with Crippen molar-refractivity contribution in [2.24, 2.45) is 10.8 Å². The number of hydrogen-bond acceptors (Lipinski definition) is 7. The van der Waals surface area contributed by atoms with Gasteiger partial charge in [-0.1, -0.05) is 27.7 Å². The Bertz CT molecular complexity index is 905. The van der Waals surface area contributed by atoms with Crippen molar-refractivity contribution in [1.82, 2.24) is 16.1 Å². The average molecular weight is 510 g/mol. The number of rotatable bonds is 13. The number of carboxylic acid groups (broad SMARTS) is 1. The Morgan fingerprint density at radius 3 is 1.81 bits per heavy atom. The van der Waals surface area contributed by atoms with Crippen LogP contribution in [0.3, 0.4) is 0 Å². The lowest BCUT2D eigenvalue weighted by Gasteiger charge is -2.29. The summed E-state index contributed by atoms with van der Waals surface area (Å²) in [5.74, 6) is -1.75. The maximum atomic E-state index is 12.3. The van der Waals surface area contributed by atoms with Gasteiger partial charge in [-0.15, -0.1) is 0 Å². The lowest BCUT2D eigenvalue weighted by molar-refractivity contribution is -0.128. The molecular formula is C25H39N3O8. The van der Waals surface area contributed by atoms with Crippen LogP contribution in [0.1, 0.15) is 69.2 Å². The smallest absolute Gasteiger partial charge is 0.431 e. The van der Waals surface area contributed by atoms with Gasteiger partial charge < -0.3 is 25.2 Å². The summed E-state index contributed by atoms with van der Waals surface area (Å²) >= 11 is 0. The Morgan fingerprint density at radius 2 is 1.31 bits per heavy atom. The van der Waals surface area contributed by atoms with Crippen LogP contribution in [0.15, 0.2) is 24.3 Å². The molecule has 0 aliphatic heterocycles. The third kappa shape index (κ3) is 13.1. The van der Waals surface area contributed by atoms with Crippen molar-refractivity contribution in [3.8, 4) is 0 Å². The van der Waals surface area contributed by atoms with Gasteiger partial charge >= 0.3 is 12.1 Å². The highest BCUT2D eigenvalue weighted by Crippen LogP contribution is 2.19. The van der Waals surface area contributed by atoms with E-state index in [-0.39, 0.29) is 28.9 Å². The molecular weight excluding hydrogens is 470 g/mol. The molecule has 11 heteroatoms. The second kappa shape index (κ2) is 13.2. The molecule has 0 atom stereocenters. The summed E-state index contributed by atoms with van der Waals surface area (Å²) < 4.78 is 10.9. The van der Waals surface area contributed by atoms with Crippen molar-refractivity contribution in [2.45, 2.75) is 54.1 Å². The predicted molar refractivity (Wildman–Crippen MR) is 132 cm³/mol. The molecule has 1 aromatic carbocycles. The van der Waals surface area contributed by atoms with Gasteiger partial charge in [0.25, 0.3) is 5.91 Å². The summed E-state index contributed by atoms with van der Waals surface area (Å²) in [6, 6.07) is 5.71. The van der Waals surface area contributed by atoms with E-state index in [0.29, 0.717) is 31.9 Å². The zero-order chi connectivity index (χ0) is 27.6. The van der Waals surface area contributed by atoms with E-state index in [1.54, 1.807) is 20.8 Å². The molecule has 0 saturated carbocycles. The van der Waals surface area contributed by atoms with Gasteiger partial charge in [0.15, 0.2) is 6.61 Å². The molecule has 0 spiro atoms. The molecule has 0 unspecified atom stereocenters. The fourth-order valence-electron chi connectivity index (χ4n) is 2.74. The van der Waals surface area contributed by atoms with E-state index in [9.17, 15) is 19.2 Å². The van der Waals surface area contributed by atoms with E-state index in [2.05, 4.69) is 16.1 Å². The van der Waals surface area contributed by atoms with Crippen LogP contribution in [0.25, 0.3) is 0 Å². The minimum atomic E-state index is -1.05. The van der Waals surface area contributed by atoms with Crippen LogP contribution in [-0.2, 0) is 19.1 Å². The van der Waals surface area contributed by atoms with Crippen molar-refractivity contribution in [3.63, 3.8) is 0 Å². The van der Waals surface area contributed by atoms with Crippen LogP contribution in [0.5, 0.6) is 0 Å². The van der Waals surface area contributed by atoms with E-state index in [1.165, 1.54) is 24.3 Å². The summed E-state index contributed by atoms with van der Waals surface area (Å²) in [6.45, 7) is 13.9. The maximum absolute atomic E-state index is 12.3. The molecule has 0 aliphatic carbocycles. The zero-order valence-electron chi connectivity index (χ0n) is 22.1. The van der Waals surface area contributed by atoms with E-state index >= 15 is 0 Å². The quantitative estimate of drug-likeness (QED) is 0.296. The van der Waals surface area contributed by atoms with Gasteiger partial charge in [0.05, 0.1) is 18.8 Å². The Hall–Kier alpha value is -3.18. The predicted octanol–water partition coefficient (Wildman–Crippen LogP) is 2.76. The third-order valence-corrected chi connectivity index (χ3v) is 4.63. The maximum Gasteiger partial charge on any atom is 0.431 e. The van der Waals surface area contributed by atoms with Gasteiger partial charge in [-0.05, 0) is 45.0 Å². The summed E-state index contributed by atoms with van der Waals surface area (Å²) in [4.78, 5) is 51.6. The molecule has 1 aromatic rings. The minimum absolute atomic E-state index is 0.115. The van der Waals surface area contributed by atoms with Gasteiger partial charge in [0.2, 0.25) is 5.91 Å². The lowest BCUT2D eigenvalue weighted by atomic mass is 9.93. The fourth-order valence-corrected chi connectivity index (χ4v) is 2.74. The van der Waals surface area contributed by atoms with Gasteiger partial charge in [-0.25, -0.2) is 9.59 Å². The molecule has 4 N–H and O–H groups in total. The second-order valence-electron chi connectivity index (χ2n) is 11.1. The highest BCUT2D eigenvalue weighted by Gasteiger charge is 2.24. The van der Waals surface area contributed by atoms with Gasteiger partial charge in [0.1, 0.15) is 5.60 Å². The number of benzene rings is 1. The van der Waals surface area contributed by atoms with Crippen molar-refractivity contribution < 1.29 is 38.6 Å². The number of aromatic carboxylic acids is 1. The van der Waals surface area contributed by atoms with Crippen molar-refractivity contribution in [3.05, 3.63) is 35.4 Å². The zero-order valence-corrected chi connectivity index (χ0v) is 22.1.